The molecule has 7 nitrogen and oxygen atoms in total. The molecule has 1 unspecified atom stereocenters. The second-order valence-electron chi connectivity index (χ2n) is 8.43. The number of carbonyl (C=O) groups is 2. The smallest absolute Gasteiger partial charge is 0.251 e. The fraction of sp³-hybridized carbons (Fsp3) is 0.375. The lowest BCUT2D eigenvalue weighted by atomic mass is 9.98. The van der Waals surface area contributed by atoms with Crippen LogP contribution >= 0.6 is 0 Å². The van der Waals surface area contributed by atoms with Crippen molar-refractivity contribution < 1.29 is 14.3 Å². The van der Waals surface area contributed by atoms with Gasteiger partial charge in [0.15, 0.2) is 5.96 Å². The van der Waals surface area contributed by atoms with Gasteiger partial charge < -0.3 is 15.4 Å². The lowest BCUT2D eigenvalue weighted by molar-refractivity contribution is -0.130. The molecule has 2 aromatic carbocycles. The van der Waals surface area contributed by atoms with Gasteiger partial charge >= 0.3 is 0 Å². The number of hydrogen-bond acceptors (Lipinski definition) is 4. The van der Waals surface area contributed by atoms with E-state index in [0.717, 1.165) is 16.9 Å². The zero-order valence-electron chi connectivity index (χ0n) is 17.9. The van der Waals surface area contributed by atoms with Gasteiger partial charge in [0, 0.05) is 30.0 Å². The van der Waals surface area contributed by atoms with Crippen LogP contribution in [0.3, 0.4) is 0 Å². The Kier molecular flexibility index (Phi) is 5.93. The van der Waals surface area contributed by atoms with Gasteiger partial charge in [0.1, 0.15) is 5.75 Å². The van der Waals surface area contributed by atoms with Crippen LogP contribution in [0, 0.1) is 11.3 Å². The lowest BCUT2D eigenvalue weighted by Crippen LogP contribution is -2.56. The lowest BCUT2D eigenvalue weighted by Gasteiger charge is -2.35. The van der Waals surface area contributed by atoms with Crippen molar-refractivity contribution in [3.8, 4) is 5.75 Å². The number of hydrogen-bond donors (Lipinski definition) is 3. The maximum absolute atomic E-state index is 12.9. The van der Waals surface area contributed by atoms with E-state index >= 15 is 0 Å². The highest BCUT2D eigenvalue weighted by Gasteiger charge is 2.31. The van der Waals surface area contributed by atoms with Gasteiger partial charge in [-0.25, -0.2) is 0 Å². The Balaban J connectivity index is 1.45. The van der Waals surface area contributed by atoms with Crippen molar-refractivity contribution in [1.29, 1.82) is 5.41 Å². The van der Waals surface area contributed by atoms with Gasteiger partial charge in [-0.3, -0.25) is 19.9 Å². The van der Waals surface area contributed by atoms with Crippen LogP contribution in [0.5, 0.6) is 5.75 Å². The van der Waals surface area contributed by atoms with Crippen molar-refractivity contribution in [2.75, 3.05) is 6.61 Å². The van der Waals surface area contributed by atoms with Crippen molar-refractivity contribution in [3.05, 3.63) is 65.2 Å². The zero-order valence-corrected chi connectivity index (χ0v) is 17.9. The summed E-state index contributed by atoms with van der Waals surface area (Å²) in [6, 6.07) is 14.9. The van der Waals surface area contributed by atoms with Crippen LogP contribution in [0.15, 0.2) is 48.5 Å². The van der Waals surface area contributed by atoms with Crippen molar-refractivity contribution in [2.45, 2.75) is 45.3 Å². The first-order valence-corrected chi connectivity index (χ1v) is 10.7. The molecule has 0 bridgehead atoms. The molecule has 0 radical (unpaired) electrons. The van der Waals surface area contributed by atoms with E-state index in [1.807, 2.05) is 50.2 Å². The number of ether oxygens (including phenoxy) is 1. The van der Waals surface area contributed by atoms with E-state index in [9.17, 15) is 9.59 Å². The molecule has 2 aromatic rings. The summed E-state index contributed by atoms with van der Waals surface area (Å²) >= 11 is 0. The fourth-order valence-electron chi connectivity index (χ4n) is 4.02. The maximum atomic E-state index is 12.9. The van der Waals surface area contributed by atoms with E-state index in [1.165, 1.54) is 4.90 Å². The predicted molar refractivity (Wildman–Crippen MR) is 118 cm³/mol. The van der Waals surface area contributed by atoms with Gasteiger partial charge in [-0.05, 0) is 29.7 Å². The Labute approximate surface area is 182 Å². The summed E-state index contributed by atoms with van der Waals surface area (Å²) < 4.78 is 5.67. The van der Waals surface area contributed by atoms with E-state index < -0.39 is 0 Å². The van der Waals surface area contributed by atoms with Crippen molar-refractivity contribution in [1.82, 2.24) is 15.5 Å². The predicted octanol–water partition coefficient (Wildman–Crippen LogP) is 3.22. The maximum Gasteiger partial charge on any atom is 0.251 e. The third kappa shape index (κ3) is 4.55. The van der Waals surface area contributed by atoms with Crippen LogP contribution in [0.2, 0.25) is 0 Å². The summed E-state index contributed by atoms with van der Waals surface area (Å²) in [5.74, 6) is 0.956. The average molecular weight is 421 g/mol. The Bertz CT molecular complexity index is 986. The van der Waals surface area contributed by atoms with Crippen molar-refractivity contribution >= 4 is 17.8 Å². The molecule has 0 saturated carbocycles. The summed E-state index contributed by atoms with van der Waals surface area (Å²) in [5.41, 5.74) is 2.32. The van der Waals surface area contributed by atoms with E-state index in [2.05, 4.69) is 10.6 Å². The minimum atomic E-state index is -0.165. The van der Waals surface area contributed by atoms with Crippen LogP contribution in [-0.4, -0.2) is 35.3 Å². The molecule has 0 spiro atoms. The monoisotopic (exact) mass is 420 g/mol. The molecule has 2 aliphatic heterocycles. The van der Waals surface area contributed by atoms with Crippen LogP contribution < -0.4 is 15.4 Å². The number of amides is 2. The zero-order chi connectivity index (χ0) is 22.0. The highest BCUT2D eigenvalue weighted by atomic mass is 16.5. The molecule has 2 heterocycles. The first-order chi connectivity index (χ1) is 14.9. The third-order valence-corrected chi connectivity index (χ3v) is 5.89. The number of carbonyl (C=O) groups excluding carboxylic acids is 2. The number of para-hydroxylation sites is 1. The summed E-state index contributed by atoms with van der Waals surface area (Å²) in [5, 5.41) is 14.4. The minimum absolute atomic E-state index is 0.0179. The van der Waals surface area contributed by atoms with E-state index in [0.29, 0.717) is 25.0 Å². The molecule has 2 amide bonds. The number of benzene rings is 2. The van der Waals surface area contributed by atoms with Crippen LogP contribution in [-0.2, 0) is 11.3 Å². The summed E-state index contributed by atoms with van der Waals surface area (Å²) in [7, 11) is 0. The quantitative estimate of drug-likeness (QED) is 0.692. The number of nitrogens with one attached hydrogen (secondary N) is 3. The van der Waals surface area contributed by atoms with Gasteiger partial charge in [0.05, 0.1) is 19.2 Å². The first kappa shape index (κ1) is 20.9. The SMILES string of the molecule is CC(C)[C@@H]1CC(=O)N(Cc2cccc(C(=O)NC3CCOc4ccccc43)c2)C(=N)N1. The summed E-state index contributed by atoms with van der Waals surface area (Å²) in [6.07, 6.45) is 1.08. The molecule has 2 aliphatic rings. The topological polar surface area (TPSA) is 94.5 Å². The molecule has 0 aliphatic carbocycles. The standard InChI is InChI=1S/C24H28N4O3/c1-15(2)20-13-22(29)28(24(25)27-20)14-16-6-5-7-17(12-16)23(30)26-19-10-11-31-21-9-4-3-8-18(19)21/h3-9,12,15,19-20H,10-11,13-14H2,1-2H3,(H2,25,27)(H,26,30)/t19?,20-/m0/s1. The van der Waals surface area contributed by atoms with Crippen molar-refractivity contribution in [3.63, 3.8) is 0 Å². The molecule has 1 saturated heterocycles. The highest BCUT2D eigenvalue weighted by Crippen LogP contribution is 2.31. The normalized spacial score (nSPS) is 20.7. The van der Waals surface area contributed by atoms with Crippen molar-refractivity contribution in [2.24, 2.45) is 5.92 Å². The largest absolute Gasteiger partial charge is 0.493 e. The molecule has 3 N–H and O–H groups in total. The molecule has 7 heteroatoms. The Morgan fingerprint density at radius 3 is 2.84 bits per heavy atom. The van der Waals surface area contributed by atoms with Gasteiger partial charge in [-0.2, -0.15) is 0 Å². The molecule has 1 fully saturated rings. The molecular formula is C24H28N4O3. The van der Waals surface area contributed by atoms with Gasteiger partial charge in [-0.1, -0.05) is 44.2 Å². The number of guanidine groups is 1. The first-order valence-electron chi connectivity index (χ1n) is 10.7. The summed E-state index contributed by atoms with van der Waals surface area (Å²) in [4.78, 5) is 26.9. The highest BCUT2D eigenvalue weighted by molar-refractivity contribution is 5.98. The van der Waals surface area contributed by atoms with Gasteiger partial charge in [0.2, 0.25) is 5.91 Å². The third-order valence-electron chi connectivity index (χ3n) is 5.89. The second kappa shape index (κ2) is 8.79. The fourth-order valence-corrected chi connectivity index (χ4v) is 4.02. The molecule has 31 heavy (non-hydrogen) atoms. The van der Waals surface area contributed by atoms with Crippen LogP contribution in [0.1, 0.15) is 54.2 Å². The van der Waals surface area contributed by atoms with E-state index in [1.54, 1.807) is 12.1 Å². The van der Waals surface area contributed by atoms with Crippen LogP contribution in [0.25, 0.3) is 0 Å². The number of rotatable bonds is 5. The van der Waals surface area contributed by atoms with Gasteiger partial charge in [-0.15, -0.1) is 0 Å². The molecule has 0 aromatic heterocycles. The van der Waals surface area contributed by atoms with E-state index in [-0.39, 0.29) is 42.3 Å². The second-order valence-corrected chi connectivity index (χ2v) is 8.43. The van der Waals surface area contributed by atoms with Gasteiger partial charge in [0.25, 0.3) is 5.91 Å². The molecule has 4 rings (SSSR count). The summed E-state index contributed by atoms with van der Waals surface area (Å²) in [6.45, 7) is 4.89. The van der Waals surface area contributed by atoms with Crippen LogP contribution in [0.4, 0.5) is 0 Å². The molecular weight excluding hydrogens is 392 g/mol. The Morgan fingerprint density at radius 1 is 1.26 bits per heavy atom. The molecule has 2 atom stereocenters. The average Bonchev–Trinajstić information content (AvgIpc) is 2.76. The Hall–Kier alpha value is -3.35. The molecule has 162 valence electrons. The number of fused-ring (bicyclic) bond motifs is 1. The number of nitrogens with zero attached hydrogens (tertiary/aromatic N) is 1. The minimum Gasteiger partial charge on any atom is -0.493 e. The van der Waals surface area contributed by atoms with E-state index in [4.69, 9.17) is 10.1 Å². The Morgan fingerprint density at radius 2 is 2.06 bits per heavy atom.